The van der Waals surface area contributed by atoms with Gasteiger partial charge in [0.05, 0.1) is 18.4 Å². The number of hydrazone groups is 1. The molecule has 6 nitrogen and oxygen atoms in total. The van der Waals surface area contributed by atoms with Crippen LogP contribution < -0.4 is 14.9 Å². The molecule has 0 saturated carbocycles. The Morgan fingerprint density at radius 2 is 1.85 bits per heavy atom. The van der Waals surface area contributed by atoms with Crippen LogP contribution in [0.2, 0.25) is 0 Å². The Morgan fingerprint density at radius 3 is 2.56 bits per heavy atom. The normalized spacial score (nSPS) is 10.6. The molecule has 0 aliphatic rings. The van der Waals surface area contributed by atoms with Gasteiger partial charge in [0.1, 0.15) is 0 Å². The lowest BCUT2D eigenvalue weighted by molar-refractivity contribution is -0.121. The first-order valence-corrected chi connectivity index (χ1v) is 9.00. The van der Waals surface area contributed by atoms with Crippen LogP contribution in [0.5, 0.6) is 11.5 Å². The van der Waals surface area contributed by atoms with Crippen molar-refractivity contribution in [2.75, 3.05) is 6.61 Å². The van der Waals surface area contributed by atoms with Crippen molar-refractivity contribution in [3.63, 3.8) is 0 Å². The Hall–Kier alpha value is -3.15. The second-order valence-electron chi connectivity index (χ2n) is 5.79. The summed E-state index contributed by atoms with van der Waals surface area (Å²) in [7, 11) is 0. The van der Waals surface area contributed by atoms with Crippen LogP contribution in [0.3, 0.4) is 0 Å². The van der Waals surface area contributed by atoms with Gasteiger partial charge in [-0.15, -0.1) is 0 Å². The highest BCUT2D eigenvalue weighted by Gasteiger charge is 2.12. The molecule has 27 heavy (non-hydrogen) atoms. The third-order valence-electron chi connectivity index (χ3n) is 3.64. The fourth-order valence-electron chi connectivity index (χ4n) is 2.26. The highest BCUT2D eigenvalue weighted by molar-refractivity contribution is 5.91. The van der Waals surface area contributed by atoms with Crippen molar-refractivity contribution in [1.82, 2.24) is 5.43 Å². The number of benzene rings is 2. The van der Waals surface area contributed by atoms with Gasteiger partial charge in [0.15, 0.2) is 11.5 Å². The molecule has 0 radical (unpaired) electrons. The van der Waals surface area contributed by atoms with E-state index in [2.05, 4.69) is 10.5 Å². The predicted octanol–water partition coefficient (Wildman–Crippen LogP) is 3.94. The zero-order chi connectivity index (χ0) is 19.5. The molecule has 2 rings (SSSR count). The number of carbonyl (C=O) groups is 2. The van der Waals surface area contributed by atoms with Crippen LogP contribution in [0.15, 0.2) is 53.6 Å². The predicted molar refractivity (Wildman–Crippen MR) is 104 cm³/mol. The quantitative estimate of drug-likeness (QED) is 0.315. The minimum atomic E-state index is -0.457. The van der Waals surface area contributed by atoms with Gasteiger partial charge < -0.3 is 9.47 Å². The van der Waals surface area contributed by atoms with Crippen molar-refractivity contribution in [1.29, 1.82) is 0 Å². The summed E-state index contributed by atoms with van der Waals surface area (Å²) in [5, 5.41) is 3.95. The number of nitrogens with zero attached hydrogens (tertiary/aromatic N) is 1. The Labute approximate surface area is 159 Å². The fraction of sp³-hybridized carbons (Fsp3) is 0.286. The third-order valence-corrected chi connectivity index (χ3v) is 3.64. The number of ether oxygens (including phenoxy) is 2. The van der Waals surface area contributed by atoms with Crippen LogP contribution in [0.4, 0.5) is 0 Å². The van der Waals surface area contributed by atoms with Crippen LogP contribution in [-0.2, 0) is 4.79 Å². The molecule has 0 bridgehead atoms. The molecule has 2 aromatic carbocycles. The van der Waals surface area contributed by atoms with Crippen LogP contribution in [0.25, 0.3) is 0 Å². The molecule has 0 heterocycles. The zero-order valence-electron chi connectivity index (χ0n) is 15.6. The Morgan fingerprint density at radius 1 is 1.07 bits per heavy atom. The average molecular weight is 368 g/mol. The van der Waals surface area contributed by atoms with E-state index in [9.17, 15) is 9.59 Å². The molecule has 142 valence electrons. The number of esters is 1. The van der Waals surface area contributed by atoms with E-state index in [4.69, 9.17) is 9.47 Å². The van der Waals surface area contributed by atoms with Crippen LogP contribution >= 0.6 is 0 Å². The van der Waals surface area contributed by atoms with Gasteiger partial charge >= 0.3 is 5.97 Å². The maximum atomic E-state index is 12.2. The number of carbonyl (C=O) groups excluding carboxylic acids is 2. The molecule has 0 aromatic heterocycles. The first-order valence-electron chi connectivity index (χ1n) is 9.00. The molecule has 0 spiro atoms. The highest BCUT2D eigenvalue weighted by Crippen LogP contribution is 2.28. The van der Waals surface area contributed by atoms with Gasteiger partial charge in [-0.3, -0.25) is 4.79 Å². The molecule has 0 atom stereocenters. The Kier molecular flexibility index (Phi) is 8.03. The van der Waals surface area contributed by atoms with E-state index in [1.165, 1.54) is 6.21 Å². The molecule has 6 heteroatoms. The Balaban J connectivity index is 2.07. The molecule has 0 fully saturated rings. The number of unbranched alkanes of at least 4 members (excludes halogenated alkanes) is 1. The summed E-state index contributed by atoms with van der Waals surface area (Å²) in [6, 6.07) is 13.8. The smallest absolute Gasteiger partial charge is 0.343 e. The number of amides is 1. The van der Waals surface area contributed by atoms with Crippen molar-refractivity contribution in [2.45, 2.75) is 33.1 Å². The Bertz CT molecular complexity index is 788. The summed E-state index contributed by atoms with van der Waals surface area (Å²) in [5.74, 6) is 0.186. The summed E-state index contributed by atoms with van der Waals surface area (Å²) in [4.78, 5) is 23.8. The maximum Gasteiger partial charge on any atom is 0.343 e. The summed E-state index contributed by atoms with van der Waals surface area (Å²) in [6.07, 6.45) is 3.76. The highest BCUT2D eigenvalue weighted by atomic mass is 16.6. The topological polar surface area (TPSA) is 77.0 Å². The monoisotopic (exact) mass is 368 g/mol. The van der Waals surface area contributed by atoms with E-state index >= 15 is 0 Å². The van der Waals surface area contributed by atoms with Gasteiger partial charge in [-0.2, -0.15) is 5.10 Å². The molecule has 2 aromatic rings. The number of hydrogen-bond acceptors (Lipinski definition) is 5. The van der Waals surface area contributed by atoms with E-state index in [0.29, 0.717) is 35.7 Å². The van der Waals surface area contributed by atoms with Gasteiger partial charge in [-0.05, 0) is 49.2 Å². The van der Waals surface area contributed by atoms with Crippen LogP contribution in [-0.4, -0.2) is 24.7 Å². The van der Waals surface area contributed by atoms with Crippen molar-refractivity contribution >= 4 is 18.1 Å². The van der Waals surface area contributed by atoms with Gasteiger partial charge in [-0.1, -0.05) is 31.5 Å². The molecule has 0 aliphatic heterocycles. The molecule has 1 amide bonds. The molecular weight excluding hydrogens is 344 g/mol. The van der Waals surface area contributed by atoms with Gasteiger partial charge in [-0.25, -0.2) is 10.2 Å². The van der Waals surface area contributed by atoms with E-state index in [1.54, 1.807) is 42.5 Å². The summed E-state index contributed by atoms with van der Waals surface area (Å²) in [5.41, 5.74) is 3.67. The SMILES string of the molecule is CCCCC(=O)NN=Cc1ccc(OC(=O)c2ccccc2)c(OCC)c1. The fourth-order valence-corrected chi connectivity index (χ4v) is 2.26. The summed E-state index contributed by atoms with van der Waals surface area (Å²) in [6.45, 7) is 4.29. The molecule has 1 N–H and O–H groups in total. The second-order valence-corrected chi connectivity index (χ2v) is 5.79. The van der Waals surface area contributed by atoms with Gasteiger partial charge in [0.2, 0.25) is 5.91 Å². The molecule has 0 aliphatic carbocycles. The van der Waals surface area contributed by atoms with Crippen LogP contribution in [0.1, 0.15) is 49.0 Å². The molecule has 0 unspecified atom stereocenters. The van der Waals surface area contributed by atoms with Gasteiger partial charge in [0.25, 0.3) is 0 Å². The first-order chi connectivity index (χ1) is 13.1. The second kappa shape index (κ2) is 10.8. The minimum absolute atomic E-state index is 0.119. The minimum Gasteiger partial charge on any atom is -0.490 e. The van der Waals surface area contributed by atoms with Crippen LogP contribution in [0, 0.1) is 0 Å². The molecule has 0 saturated heterocycles. The third kappa shape index (κ3) is 6.58. The van der Waals surface area contributed by atoms with E-state index in [0.717, 1.165) is 12.8 Å². The summed E-state index contributed by atoms with van der Waals surface area (Å²) >= 11 is 0. The van der Waals surface area contributed by atoms with Crippen molar-refractivity contribution in [3.05, 3.63) is 59.7 Å². The molecular formula is C21H24N2O4. The number of hydrogen-bond donors (Lipinski definition) is 1. The zero-order valence-corrected chi connectivity index (χ0v) is 15.6. The van der Waals surface area contributed by atoms with E-state index in [-0.39, 0.29) is 5.91 Å². The lowest BCUT2D eigenvalue weighted by atomic mass is 10.2. The van der Waals surface area contributed by atoms with Crippen molar-refractivity contribution in [2.24, 2.45) is 5.10 Å². The standard InChI is InChI=1S/C21H24N2O4/c1-3-5-11-20(24)23-22-15-16-12-13-18(19(14-16)26-4-2)27-21(25)17-9-7-6-8-10-17/h6-10,12-15H,3-5,11H2,1-2H3,(H,23,24). The first kappa shape index (κ1) is 20.2. The van der Waals surface area contributed by atoms with Gasteiger partial charge in [0, 0.05) is 6.42 Å². The average Bonchev–Trinajstić information content (AvgIpc) is 2.69. The number of nitrogens with one attached hydrogen (secondary N) is 1. The lowest BCUT2D eigenvalue weighted by Crippen LogP contribution is -2.16. The largest absolute Gasteiger partial charge is 0.490 e. The number of rotatable bonds is 9. The van der Waals surface area contributed by atoms with Crippen molar-refractivity contribution in [3.8, 4) is 11.5 Å². The maximum absolute atomic E-state index is 12.2. The lowest BCUT2D eigenvalue weighted by Gasteiger charge is -2.11. The van der Waals surface area contributed by atoms with E-state index < -0.39 is 5.97 Å². The summed E-state index contributed by atoms with van der Waals surface area (Å²) < 4.78 is 11.0. The van der Waals surface area contributed by atoms with E-state index in [1.807, 2.05) is 19.9 Å². The van der Waals surface area contributed by atoms with Crippen molar-refractivity contribution < 1.29 is 19.1 Å².